The Labute approximate surface area is 110 Å². The van der Waals surface area contributed by atoms with Gasteiger partial charge >= 0.3 is 0 Å². The van der Waals surface area contributed by atoms with Gasteiger partial charge in [0.2, 0.25) is 11.9 Å². The van der Waals surface area contributed by atoms with E-state index in [4.69, 9.17) is 0 Å². The lowest BCUT2D eigenvalue weighted by molar-refractivity contribution is -0.129. The van der Waals surface area contributed by atoms with Crippen LogP contribution >= 0.6 is 0 Å². The molecule has 2 amide bonds. The monoisotopic (exact) mass is 265 g/mol. The number of amides is 2. The summed E-state index contributed by atoms with van der Waals surface area (Å²) in [6.07, 6.45) is 2.36. The molecular formula is C13H16FN3O2. The lowest BCUT2D eigenvalue weighted by Gasteiger charge is -2.15. The van der Waals surface area contributed by atoms with Crippen LogP contribution in [0.25, 0.3) is 0 Å². The smallest absolute Gasteiger partial charge is 0.270 e. The molecule has 1 aliphatic heterocycles. The average Bonchev–Trinajstić information content (AvgIpc) is 2.92. The predicted molar refractivity (Wildman–Crippen MR) is 67.0 cm³/mol. The molecule has 1 saturated heterocycles. The number of nitrogens with zero attached hydrogens (tertiary/aromatic N) is 2. The molecule has 0 unspecified atom stereocenters. The first kappa shape index (κ1) is 13.5. The Balaban J connectivity index is 1.76. The van der Waals surface area contributed by atoms with E-state index in [1.54, 1.807) is 4.90 Å². The summed E-state index contributed by atoms with van der Waals surface area (Å²) < 4.78 is 12.8. The van der Waals surface area contributed by atoms with Gasteiger partial charge in [-0.25, -0.2) is 4.98 Å². The number of halogens is 1. The van der Waals surface area contributed by atoms with Gasteiger partial charge in [-0.1, -0.05) is 6.07 Å². The molecule has 0 atom stereocenters. The fraction of sp³-hybridized carbons (Fsp3) is 0.462. The largest absolute Gasteiger partial charge is 0.350 e. The molecule has 1 aliphatic rings. The predicted octanol–water partition coefficient (Wildman–Crippen LogP) is 0.963. The molecule has 1 fully saturated rings. The topological polar surface area (TPSA) is 62.3 Å². The third kappa shape index (κ3) is 3.74. The van der Waals surface area contributed by atoms with Crippen LogP contribution in [0.4, 0.5) is 4.39 Å². The molecule has 102 valence electrons. The molecule has 2 rings (SSSR count). The third-order valence-corrected chi connectivity index (χ3v) is 3.03. The van der Waals surface area contributed by atoms with Crippen LogP contribution in [0.3, 0.4) is 0 Å². The summed E-state index contributed by atoms with van der Waals surface area (Å²) in [5.74, 6) is -1.11. The molecule has 0 aliphatic carbocycles. The van der Waals surface area contributed by atoms with Crippen molar-refractivity contribution in [2.45, 2.75) is 19.3 Å². The number of likely N-dealkylation sites (tertiary alicyclic amines) is 1. The second-order valence-electron chi connectivity index (χ2n) is 4.44. The molecule has 6 heteroatoms. The third-order valence-electron chi connectivity index (χ3n) is 3.03. The van der Waals surface area contributed by atoms with Crippen molar-refractivity contribution in [1.82, 2.24) is 15.2 Å². The number of pyridine rings is 1. The van der Waals surface area contributed by atoms with Gasteiger partial charge < -0.3 is 10.2 Å². The van der Waals surface area contributed by atoms with E-state index >= 15 is 0 Å². The molecule has 0 bridgehead atoms. The van der Waals surface area contributed by atoms with Gasteiger partial charge in [-0.3, -0.25) is 9.59 Å². The maximum Gasteiger partial charge on any atom is 0.270 e. The Morgan fingerprint density at radius 2 is 2.05 bits per heavy atom. The van der Waals surface area contributed by atoms with Gasteiger partial charge in [-0.15, -0.1) is 0 Å². The normalized spacial score (nSPS) is 14.5. The van der Waals surface area contributed by atoms with Crippen molar-refractivity contribution in [3.63, 3.8) is 0 Å². The molecule has 0 radical (unpaired) electrons. The van der Waals surface area contributed by atoms with Crippen molar-refractivity contribution in [2.24, 2.45) is 0 Å². The lowest BCUT2D eigenvalue weighted by atomic mass is 10.3. The van der Waals surface area contributed by atoms with Gasteiger partial charge in [0.15, 0.2) is 0 Å². The van der Waals surface area contributed by atoms with E-state index in [1.807, 2.05) is 0 Å². The molecule has 1 aromatic rings. The highest BCUT2D eigenvalue weighted by Gasteiger charge is 2.17. The van der Waals surface area contributed by atoms with Crippen LogP contribution in [0.1, 0.15) is 29.8 Å². The zero-order chi connectivity index (χ0) is 13.7. The first-order valence-electron chi connectivity index (χ1n) is 6.35. The average molecular weight is 265 g/mol. The minimum Gasteiger partial charge on any atom is -0.350 e. The number of carbonyl (C=O) groups is 2. The van der Waals surface area contributed by atoms with Crippen molar-refractivity contribution in [3.8, 4) is 0 Å². The molecule has 0 aromatic carbocycles. The number of nitrogens with one attached hydrogen (secondary N) is 1. The van der Waals surface area contributed by atoms with E-state index in [1.165, 1.54) is 18.2 Å². The van der Waals surface area contributed by atoms with Gasteiger partial charge in [-0.2, -0.15) is 4.39 Å². The van der Waals surface area contributed by atoms with E-state index in [0.29, 0.717) is 0 Å². The first-order chi connectivity index (χ1) is 9.16. The number of hydrogen-bond donors (Lipinski definition) is 1. The number of hydrogen-bond acceptors (Lipinski definition) is 3. The fourth-order valence-corrected chi connectivity index (χ4v) is 2.03. The van der Waals surface area contributed by atoms with Crippen molar-refractivity contribution < 1.29 is 14.0 Å². The summed E-state index contributed by atoms with van der Waals surface area (Å²) in [7, 11) is 0. The van der Waals surface area contributed by atoms with E-state index in [-0.39, 0.29) is 24.6 Å². The van der Waals surface area contributed by atoms with Gasteiger partial charge in [0.25, 0.3) is 5.91 Å². The van der Waals surface area contributed by atoms with Crippen molar-refractivity contribution in [1.29, 1.82) is 0 Å². The van der Waals surface area contributed by atoms with Gasteiger partial charge in [-0.05, 0) is 25.0 Å². The Morgan fingerprint density at radius 3 is 2.74 bits per heavy atom. The highest BCUT2D eigenvalue weighted by atomic mass is 19.1. The highest BCUT2D eigenvalue weighted by Crippen LogP contribution is 2.08. The summed E-state index contributed by atoms with van der Waals surface area (Å²) >= 11 is 0. The maximum atomic E-state index is 12.8. The summed E-state index contributed by atoms with van der Waals surface area (Å²) in [5.41, 5.74) is 0.0219. The SMILES string of the molecule is O=C(NCCC(=O)N1CCCC1)c1cccc(F)n1. The summed E-state index contributed by atoms with van der Waals surface area (Å²) in [4.78, 5) is 28.6. The number of rotatable bonds is 4. The van der Waals surface area contributed by atoms with Crippen LogP contribution in [0.15, 0.2) is 18.2 Å². The zero-order valence-corrected chi connectivity index (χ0v) is 10.6. The van der Waals surface area contributed by atoms with Crippen LogP contribution < -0.4 is 5.32 Å². The van der Waals surface area contributed by atoms with Gasteiger partial charge in [0.05, 0.1) is 0 Å². The molecule has 1 aromatic heterocycles. The van der Waals surface area contributed by atoms with Crippen LogP contribution in [-0.2, 0) is 4.79 Å². The summed E-state index contributed by atoms with van der Waals surface area (Å²) in [6, 6.07) is 4.03. The molecule has 1 N–H and O–H groups in total. The van der Waals surface area contributed by atoms with E-state index in [9.17, 15) is 14.0 Å². The Bertz CT molecular complexity index is 473. The standard InChI is InChI=1S/C13H16FN3O2/c14-11-5-3-4-10(16-11)13(19)15-7-6-12(18)17-8-1-2-9-17/h3-5H,1-2,6-9H2,(H,15,19). The molecule has 19 heavy (non-hydrogen) atoms. The highest BCUT2D eigenvalue weighted by molar-refractivity contribution is 5.92. The minimum atomic E-state index is -0.694. The lowest BCUT2D eigenvalue weighted by Crippen LogP contribution is -2.33. The second kappa shape index (κ2) is 6.26. The van der Waals surface area contributed by atoms with Crippen LogP contribution in [-0.4, -0.2) is 41.3 Å². The van der Waals surface area contributed by atoms with Crippen molar-refractivity contribution in [3.05, 3.63) is 29.8 Å². The van der Waals surface area contributed by atoms with E-state index < -0.39 is 11.9 Å². The molecule has 0 spiro atoms. The first-order valence-corrected chi connectivity index (χ1v) is 6.35. The summed E-state index contributed by atoms with van der Waals surface area (Å²) in [6.45, 7) is 1.85. The van der Waals surface area contributed by atoms with E-state index in [2.05, 4.69) is 10.3 Å². The van der Waals surface area contributed by atoms with Crippen molar-refractivity contribution >= 4 is 11.8 Å². The van der Waals surface area contributed by atoms with Gasteiger partial charge in [0.1, 0.15) is 5.69 Å². The Hall–Kier alpha value is -1.98. The fourth-order valence-electron chi connectivity index (χ4n) is 2.03. The van der Waals surface area contributed by atoms with Crippen LogP contribution in [0.2, 0.25) is 0 Å². The molecule has 5 nitrogen and oxygen atoms in total. The Morgan fingerprint density at radius 1 is 1.32 bits per heavy atom. The minimum absolute atomic E-state index is 0.0219. The maximum absolute atomic E-state index is 12.8. The Kier molecular flexibility index (Phi) is 4.43. The van der Waals surface area contributed by atoms with E-state index in [0.717, 1.165) is 25.9 Å². The zero-order valence-electron chi connectivity index (χ0n) is 10.6. The number of carbonyl (C=O) groups excluding carboxylic acids is 2. The van der Waals surface area contributed by atoms with Crippen molar-refractivity contribution in [2.75, 3.05) is 19.6 Å². The quantitative estimate of drug-likeness (QED) is 0.825. The molecule has 0 saturated carbocycles. The summed E-state index contributed by atoms with van der Waals surface area (Å²) in [5, 5.41) is 2.56. The van der Waals surface area contributed by atoms with Crippen LogP contribution in [0, 0.1) is 5.95 Å². The second-order valence-corrected chi connectivity index (χ2v) is 4.44. The van der Waals surface area contributed by atoms with Crippen LogP contribution in [0.5, 0.6) is 0 Å². The van der Waals surface area contributed by atoms with Gasteiger partial charge in [0, 0.05) is 26.1 Å². The number of aromatic nitrogens is 1. The molecule has 2 heterocycles. The molecular weight excluding hydrogens is 249 g/mol.